The molecule has 3 aromatic rings. The molecule has 1 aliphatic heterocycles. The molecule has 4 rings (SSSR count). The van der Waals surface area contributed by atoms with E-state index in [0.29, 0.717) is 22.1 Å². The summed E-state index contributed by atoms with van der Waals surface area (Å²) in [6.45, 7) is 0.184. The Balaban J connectivity index is 1.61. The van der Waals surface area contributed by atoms with Gasteiger partial charge in [0.2, 0.25) is 6.79 Å². The number of fused-ring (bicyclic) bond motifs is 2. The minimum atomic E-state index is -0.546. The second-order valence-corrected chi connectivity index (χ2v) is 5.98. The van der Waals surface area contributed by atoms with E-state index in [1.165, 1.54) is 35.6 Å². The van der Waals surface area contributed by atoms with Gasteiger partial charge in [-0.15, -0.1) is 0 Å². The van der Waals surface area contributed by atoms with E-state index in [0.717, 1.165) is 4.70 Å². The summed E-state index contributed by atoms with van der Waals surface area (Å²) >= 11 is 1.28. The summed E-state index contributed by atoms with van der Waals surface area (Å²) < 4.78 is 11.4. The van der Waals surface area contributed by atoms with Crippen LogP contribution >= 0.6 is 11.3 Å². The highest BCUT2D eigenvalue weighted by molar-refractivity contribution is 7.22. The van der Waals surface area contributed by atoms with Crippen LogP contribution in [0.1, 0.15) is 10.4 Å². The highest BCUT2D eigenvalue weighted by Gasteiger charge is 2.18. The fourth-order valence-corrected chi connectivity index (χ4v) is 3.17. The van der Waals surface area contributed by atoms with Crippen LogP contribution in [0.3, 0.4) is 0 Å². The molecule has 0 unspecified atom stereocenters. The minimum absolute atomic E-state index is 0.141. The van der Waals surface area contributed by atoms with Crippen molar-refractivity contribution in [3.63, 3.8) is 0 Å². The van der Waals surface area contributed by atoms with Gasteiger partial charge in [-0.05, 0) is 6.07 Å². The number of nitro benzene ring substituents is 1. The van der Waals surface area contributed by atoms with Crippen molar-refractivity contribution >= 4 is 38.3 Å². The second kappa shape index (κ2) is 5.46. The number of amides is 1. The lowest BCUT2D eigenvalue weighted by Crippen LogP contribution is -2.11. The zero-order chi connectivity index (χ0) is 16.7. The van der Waals surface area contributed by atoms with E-state index in [1.54, 1.807) is 12.1 Å². The van der Waals surface area contributed by atoms with Crippen molar-refractivity contribution in [3.8, 4) is 11.5 Å². The van der Waals surface area contributed by atoms with E-state index in [9.17, 15) is 14.9 Å². The zero-order valence-corrected chi connectivity index (χ0v) is 12.8. The number of benzene rings is 2. The van der Waals surface area contributed by atoms with Gasteiger partial charge in [-0.3, -0.25) is 20.2 Å². The topological polar surface area (TPSA) is 104 Å². The van der Waals surface area contributed by atoms with Crippen LogP contribution in [0, 0.1) is 10.1 Å². The Hall–Kier alpha value is -3.20. The molecule has 0 bridgehead atoms. The fraction of sp³-hybridized carbons (Fsp3) is 0.0667. The van der Waals surface area contributed by atoms with Gasteiger partial charge >= 0.3 is 0 Å². The third kappa shape index (κ3) is 2.50. The van der Waals surface area contributed by atoms with Crippen LogP contribution in [0.5, 0.6) is 11.5 Å². The maximum atomic E-state index is 12.3. The normalized spacial score (nSPS) is 12.3. The maximum absolute atomic E-state index is 12.3. The summed E-state index contributed by atoms with van der Waals surface area (Å²) in [7, 11) is 0. The van der Waals surface area contributed by atoms with Gasteiger partial charge in [-0.1, -0.05) is 17.4 Å². The Bertz CT molecular complexity index is 943. The predicted octanol–water partition coefficient (Wildman–Crippen LogP) is 3.19. The van der Waals surface area contributed by atoms with Crippen molar-refractivity contribution in [2.45, 2.75) is 0 Å². The van der Waals surface area contributed by atoms with Crippen molar-refractivity contribution in [3.05, 3.63) is 52.1 Å². The number of nitrogens with zero attached hydrogens (tertiary/aromatic N) is 2. The van der Waals surface area contributed by atoms with Gasteiger partial charge in [-0.25, -0.2) is 4.98 Å². The van der Waals surface area contributed by atoms with E-state index >= 15 is 0 Å². The minimum Gasteiger partial charge on any atom is -0.454 e. The zero-order valence-electron chi connectivity index (χ0n) is 12.0. The number of hydrogen-bond acceptors (Lipinski definition) is 7. The molecule has 9 heteroatoms. The number of aromatic nitrogens is 1. The summed E-state index contributed by atoms with van der Waals surface area (Å²) in [6.07, 6.45) is 0. The van der Waals surface area contributed by atoms with Crippen molar-refractivity contribution in [1.29, 1.82) is 0 Å². The van der Waals surface area contributed by atoms with E-state index in [1.807, 2.05) is 0 Å². The third-order valence-corrected chi connectivity index (χ3v) is 4.36. The second-order valence-electron chi connectivity index (χ2n) is 4.95. The molecule has 0 aliphatic carbocycles. The third-order valence-electron chi connectivity index (χ3n) is 3.42. The molecule has 0 fully saturated rings. The highest BCUT2D eigenvalue weighted by Crippen LogP contribution is 2.39. The average Bonchev–Trinajstić information content (AvgIpc) is 3.17. The molecule has 1 amide bonds. The van der Waals surface area contributed by atoms with Gasteiger partial charge in [0.25, 0.3) is 11.6 Å². The van der Waals surface area contributed by atoms with Gasteiger partial charge < -0.3 is 9.47 Å². The first-order valence-corrected chi connectivity index (χ1v) is 7.68. The molecule has 1 aromatic heterocycles. The lowest BCUT2D eigenvalue weighted by atomic mass is 10.2. The van der Waals surface area contributed by atoms with Crippen molar-refractivity contribution in [2.75, 3.05) is 12.1 Å². The van der Waals surface area contributed by atoms with Crippen molar-refractivity contribution < 1.29 is 19.2 Å². The molecule has 120 valence electrons. The van der Waals surface area contributed by atoms with Crippen molar-refractivity contribution in [1.82, 2.24) is 4.98 Å². The molecule has 1 N–H and O–H groups in total. The lowest BCUT2D eigenvalue weighted by molar-refractivity contribution is -0.384. The molecule has 0 spiro atoms. The number of carbonyl (C=O) groups excluding carboxylic acids is 1. The van der Waals surface area contributed by atoms with Gasteiger partial charge in [0.15, 0.2) is 16.6 Å². The number of anilines is 1. The van der Waals surface area contributed by atoms with Gasteiger partial charge in [0.1, 0.15) is 0 Å². The van der Waals surface area contributed by atoms with Crippen molar-refractivity contribution in [2.24, 2.45) is 0 Å². The highest BCUT2D eigenvalue weighted by atomic mass is 32.1. The van der Waals surface area contributed by atoms with E-state index in [-0.39, 0.29) is 18.0 Å². The summed E-state index contributed by atoms with van der Waals surface area (Å²) in [4.78, 5) is 26.8. The Labute approximate surface area is 138 Å². The first-order valence-electron chi connectivity index (χ1n) is 6.86. The largest absolute Gasteiger partial charge is 0.454 e. The number of rotatable bonds is 3. The van der Waals surface area contributed by atoms with Gasteiger partial charge in [0, 0.05) is 29.8 Å². The fourth-order valence-electron chi connectivity index (χ4n) is 2.30. The molecule has 2 heterocycles. The van der Waals surface area contributed by atoms with Gasteiger partial charge in [0.05, 0.1) is 15.1 Å². The number of carbonyl (C=O) groups is 1. The Kier molecular flexibility index (Phi) is 3.28. The number of nitrogens with one attached hydrogen (secondary N) is 1. The number of nitro groups is 1. The number of hydrogen-bond donors (Lipinski definition) is 1. The van der Waals surface area contributed by atoms with Gasteiger partial charge in [-0.2, -0.15) is 0 Å². The van der Waals surface area contributed by atoms with E-state index in [2.05, 4.69) is 10.3 Å². The molecule has 2 aromatic carbocycles. The lowest BCUT2D eigenvalue weighted by Gasteiger charge is -2.01. The molecule has 24 heavy (non-hydrogen) atoms. The standard InChI is InChI=1S/C15H9N3O5S/c19-14(8-2-1-3-9(4-8)18(20)21)17-15-16-10-5-11-12(23-7-22-11)6-13(10)24-15/h1-6H,7H2,(H,16,17,19). The molecule has 0 radical (unpaired) electrons. The Morgan fingerprint density at radius 2 is 2.04 bits per heavy atom. The van der Waals surface area contributed by atoms with Crippen LogP contribution in [-0.2, 0) is 0 Å². The SMILES string of the molecule is O=C(Nc1nc2cc3c(cc2s1)OCO3)c1cccc([N+](=O)[O-])c1. The number of non-ortho nitro benzene ring substituents is 1. The van der Waals surface area contributed by atoms with Crippen LogP contribution in [0.25, 0.3) is 10.2 Å². The number of ether oxygens (including phenoxy) is 2. The summed E-state index contributed by atoms with van der Waals surface area (Å²) in [5.41, 5.74) is 0.730. The summed E-state index contributed by atoms with van der Waals surface area (Å²) in [5.74, 6) is 0.796. The molecular formula is C15H9N3O5S. The van der Waals surface area contributed by atoms with Crippen LogP contribution in [0.15, 0.2) is 36.4 Å². The molecule has 0 atom stereocenters. The first kappa shape index (κ1) is 14.4. The van der Waals surface area contributed by atoms with E-state index in [4.69, 9.17) is 9.47 Å². The Morgan fingerprint density at radius 1 is 1.25 bits per heavy atom. The van der Waals surface area contributed by atoms with Crippen LogP contribution in [0.4, 0.5) is 10.8 Å². The quantitative estimate of drug-likeness (QED) is 0.578. The summed E-state index contributed by atoms with van der Waals surface area (Å²) in [5, 5.41) is 13.8. The van der Waals surface area contributed by atoms with E-state index < -0.39 is 10.8 Å². The van der Waals surface area contributed by atoms with Crippen LogP contribution in [-0.4, -0.2) is 22.6 Å². The smallest absolute Gasteiger partial charge is 0.270 e. The van der Waals surface area contributed by atoms with Crippen LogP contribution < -0.4 is 14.8 Å². The monoisotopic (exact) mass is 343 g/mol. The number of thiazole rings is 1. The average molecular weight is 343 g/mol. The molecule has 8 nitrogen and oxygen atoms in total. The van der Waals surface area contributed by atoms with Crippen LogP contribution in [0.2, 0.25) is 0 Å². The predicted molar refractivity (Wildman–Crippen MR) is 86.8 cm³/mol. The first-order chi connectivity index (χ1) is 11.6. The molecule has 1 aliphatic rings. The Morgan fingerprint density at radius 3 is 2.83 bits per heavy atom. The molecule has 0 saturated carbocycles. The molecule has 0 saturated heterocycles. The maximum Gasteiger partial charge on any atom is 0.270 e. The summed E-state index contributed by atoms with van der Waals surface area (Å²) in [6, 6.07) is 9.07. The molecular weight excluding hydrogens is 334 g/mol.